The van der Waals surface area contributed by atoms with Crippen molar-refractivity contribution in [1.29, 1.82) is 0 Å². The second-order valence-electron chi connectivity index (χ2n) is 5.13. The van der Waals surface area contributed by atoms with E-state index < -0.39 is 12.0 Å². The van der Waals surface area contributed by atoms with Crippen LogP contribution in [-0.4, -0.2) is 29.1 Å². The molecule has 1 saturated carbocycles. The Morgan fingerprint density at radius 2 is 2.00 bits per heavy atom. The normalized spacial score (nSPS) is 16.8. The van der Waals surface area contributed by atoms with Gasteiger partial charge in [0.05, 0.1) is 0 Å². The van der Waals surface area contributed by atoms with Crippen molar-refractivity contribution in [2.45, 2.75) is 44.7 Å². The van der Waals surface area contributed by atoms with Crippen LogP contribution >= 0.6 is 0 Å². The molecule has 1 N–H and O–H groups in total. The first kappa shape index (κ1) is 13.1. The first-order valence-corrected chi connectivity index (χ1v) is 6.67. The van der Waals surface area contributed by atoms with Gasteiger partial charge in [-0.25, -0.2) is 0 Å². The van der Waals surface area contributed by atoms with E-state index in [1.54, 1.807) is 0 Å². The zero-order chi connectivity index (χ0) is 13.1. The summed E-state index contributed by atoms with van der Waals surface area (Å²) in [5.74, 6) is -0.757. The molecule has 0 amide bonds. The number of hydrogen-bond donors (Lipinski definition) is 1. The highest BCUT2D eigenvalue weighted by atomic mass is 16.4. The van der Waals surface area contributed by atoms with Gasteiger partial charge in [-0.15, -0.1) is 0 Å². The van der Waals surface area contributed by atoms with Crippen molar-refractivity contribution in [1.82, 2.24) is 4.90 Å². The van der Waals surface area contributed by atoms with Gasteiger partial charge in [0.15, 0.2) is 0 Å². The van der Waals surface area contributed by atoms with Crippen LogP contribution in [0, 0.1) is 0 Å². The third-order valence-electron chi connectivity index (χ3n) is 3.60. The molecule has 1 unspecified atom stereocenters. The molecule has 1 aromatic carbocycles. The van der Waals surface area contributed by atoms with Gasteiger partial charge in [-0.05, 0) is 37.4 Å². The first-order chi connectivity index (χ1) is 8.63. The summed E-state index contributed by atoms with van der Waals surface area (Å²) in [6.45, 7) is 2.15. The molecule has 0 heterocycles. The van der Waals surface area contributed by atoms with Gasteiger partial charge in [0.1, 0.15) is 6.04 Å². The second kappa shape index (κ2) is 5.53. The zero-order valence-electron chi connectivity index (χ0n) is 11.1. The molecule has 1 aromatic rings. The van der Waals surface area contributed by atoms with E-state index in [2.05, 4.69) is 19.1 Å². The quantitative estimate of drug-likeness (QED) is 0.840. The molecule has 0 spiro atoms. The Morgan fingerprint density at radius 3 is 2.44 bits per heavy atom. The Labute approximate surface area is 108 Å². The lowest BCUT2D eigenvalue weighted by Gasteiger charge is -2.24. The summed E-state index contributed by atoms with van der Waals surface area (Å²) in [5, 5.41) is 9.40. The van der Waals surface area contributed by atoms with Crippen molar-refractivity contribution < 1.29 is 9.90 Å². The molecule has 0 saturated heterocycles. The Kier molecular flexibility index (Phi) is 4.02. The van der Waals surface area contributed by atoms with Gasteiger partial charge in [-0.3, -0.25) is 9.69 Å². The topological polar surface area (TPSA) is 40.5 Å². The van der Waals surface area contributed by atoms with Crippen molar-refractivity contribution in [3.63, 3.8) is 0 Å². The van der Waals surface area contributed by atoms with Crippen LogP contribution in [0.2, 0.25) is 0 Å². The Morgan fingerprint density at radius 1 is 1.39 bits per heavy atom. The van der Waals surface area contributed by atoms with Crippen molar-refractivity contribution in [2.75, 3.05) is 7.05 Å². The Bertz CT molecular complexity index is 409. The molecule has 0 aliphatic heterocycles. The number of likely N-dealkylation sites (N-methyl/N-ethyl adjacent to an activating group) is 1. The lowest BCUT2D eigenvalue weighted by molar-refractivity contribution is -0.143. The fourth-order valence-corrected chi connectivity index (χ4v) is 2.40. The van der Waals surface area contributed by atoms with E-state index in [1.807, 2.05) is 24.1 Å². The number of aliphatic carboxylic acids is 1. The van der Waals surface area contributed by atoms with Crippen LogP contribution in [0.1, 0.15) is 43.4 Å². The number of benzene rings is 1. The van der Waals surface area contributed by atoms with Crippen molar-refractivity contribution in [3.8, 4) is 0 Å². The van der Waals surface area contributed by atoms with E-state index >= 15 is 0 Å². The Hall–Kier alpha value is -1.35. The van der Waals surface area contributed by atoms with Crippen LogP contribution in [0.25, 0.3) is 0 Å². The summed E-state index contributed by atoms with van der Waals surface area (Å²) < 4.78 is 0. The van der Waals surface area contributed by atoms with Gasteiger partial charge in [-0.2, -0.15) is 0 Å². The maximum absolute atomic E-state index is 11.4. The van der Waals surface area contributed by atoms with E-state index in [4.69, 9.17) is 0 Å². The lowest BCUT2D eigenvalue weighted by Crippen LogP contribution is -2.32. The number of hydrogen-bond acceptors (Lipinski definition) is 2. The standard InChI is InChI=1S/C15H21NO2/c1-3-4-11-5-7-12(8-6-11)14(15(17)18)16(2)13-9-10-13/h5-8,13-14H,3-4,9-10H2,1-2H3,(H,17,18). The van der Waals surface area contributed by atoms with E-state index in [9.17, 15) is 9.90 Å². The minimum atomic E-state index is -0.757. The monoisotopic (exact) mass is 247 g/mol. The van der Waals surface area contributed by atoms with E-state index in [0.29, 0.717) is 6.04 Å². The predicted octanol–water partition coefficient (Wildman–Crippen LogP) is 2.86. The number of carboxylic acids is 1. The van der Waals surface area contributed by atoms with Gasteiger partial charge in [0.2, 0.25) is 0 Å². The van der Waals surface area contributed by atoms with Crippen LogP contribution in [0.4, 0.5) is 0 Å². The molecule has 1 fully saturated rings. The minimum absolute atomic E-state index is 0.446. The third kappa shape index (κ3) is 2.91. The van der Waals surface area contributed by atoms with Crippen LogP contribution < -0.4 is 0 Å². The molecule has 1 atom stereocenters. The van der Waals surface area contributed by atoms with Crippen LogP contribution in [0.5, 0.6) is 0 Å². The van der Waals surface area contributed by atoms with Gasteiger partial charge in [0.25, 0.3) is 0 Å². The molecule has 18 heavy (non-hydrogen) atoms. The highest BCUT2D eigenvalue weighted by molar-refractivity contribution is 5.75. The maximum Gasteiger partial charge on any atom is 0.325 e. The van der Waals surface area contributed by atoms with E-state index in [-0.39, 0.29) is 0 Å². The average Bonchev–Trinajstić information content (AvgIpc) is 3.15. The summed E-state index contributed by atoms with van der Waals surface area (Å²) in [6.07, 6.45) is 4.41. The highest BCUT2D eigenvalue weighted by Crippen LogP contribution is 2.33. The SMILES string of the molecule is CCCc1ccc(C(C(=O)O)N(C)C2CC2)cc1. The number of rotatable bonds is 6. The molecule has 3 nitrogen and oxygen atoms in total. The van der Waals surface area contributed by atoms with Crippen molar-refractivity contribution >= 4 is 5.97 Å². The van der Waals surface area contributed by atoms with Crippen LogP contribution in [0.15, 0.2) is 24.3 Å². The molecule has 1 aliphatic carbocycles. The molecular weight excluding hydrogens is 226 g/mol. The van der Waals surface area contributed by atoms with Gasteiger partial charge in [0, 0.05) is 6.04 Å². The largest absolute Gasteiger partial charge is 0.480 e. The summed E-state index contributed by atoms with van der Waals surface area (Å²) in [5.41, 5.74) is 2.16. The summed E-state index contributed by atoms with van der Waals surface area (Å²) in [7, 11) is 1.91. The van der Waals surface area contributed by atoms with Gasteiger partial charge in [-0.1, -0.05) is 37.6 Å². The first-order valence-electron chi connectivity index (χ1n) is 6.67. The van der Waals surface area contributed by atoms with E-state index in [0.717, 1.165) is 31.2 Å². The molecule has 3 heteroatoms. The number of carboxylic acid groups (broad SMARTS) is 1. The number of carbonyl (C=O) groups is 1. The maximum atomic E-state index is 11.4. The second-order valence-corrected chi connectivity index (χ2v) is 5.13. The third-order valence-corrected chi connectivity index (χ3v) is 3.60. The van der Waals surface area contributed by atoms with Crippen molar-refractivity contribution in [3.05, 3.63) is 35.4 Å². The number of aryl methyl sites for hydroxylation is 1. The molecule has 98 valence electrons. The molecule has 2 rings (SSSR count). The molecule has 0 bridgehead atoms. The molecule has 1 aliphatic rings. The molecular formula is C15H21NO2. The van der Waals surface area contributed by atoms with Crippen molar-refractivity contribution in [2.24, 2.45) is 0 Å². The summed E-state index contributed by atoms with van der Waals surface area (Å²) in [4.78, 5) is 13.4. The lowest BCUT2D eigenvalue weighted by atomic mass is 10.0. The minimum Gasteiger partial charge on any atom is -0.480 e. The Balaban J connectivity index is 2.17. The van der Waals surface area contributed by atoms with E-state index in [1.165, 1.54) is 5.56 Å². The zero-order valence-corrected chi connectivity index (χ0v) is 11.1. The smallest absolute Gasteiger partial charge is 0.325 e. The summed E-state index contributed by atoms with van der Waals surface area (Å²) >= 11 is 0. The fraction of sp³-hybridized carbons (Fsp3) is 0.533. The van der Waals surface area contributed by atoms with Crippen LogP contribution in [0.3, 0.4) is 0 Å². The summed E-state index contributed by atoms with van der Waals surface area (Å²) in [6, 6.07) is 7.96. The van der Waals surface area contributed by atoms with Gasteiger partial charge >= 0.3 is 5.97 Å². The molecule has 0 aromatic heterocycles. The van der Waals surface area contributed by atoms with Gasteiger partial charge < -0.3 is 5.11 Å². The number of nitrogens with zero attached hydrogens (tertiary/aromatic N) is 1. The average molecular weight is 247 g/mol. The van der Waals surface area contributed by atoms with Crippen LogP contribution in [-0.2, 0) is 11.2 Å². The fourth-order valence-electron chi connectivity index (χ4n) is 2.40. The molecule has 0 radical (unpaired) electrons. The predicted molar refractivity (Wildman–Crippen MR) is 71.6 cm³/mol. The highest BCUT2D eigenvalue weighted by Gasteiger charge is 2.35.